The third-order valence-corrected chi connectivity index (χ3v) is 7.50. The molecule has 0 aliphatic rings. The fourth-order valence-corrected chi connectivity index (χ4v) is 6.64. The van der Waals surface area contributed by atoms with Crippen molar-refractivity contribution in [3.63, 3.8) is 0 Å². The molecule has 0 fully saturated rings. The predicted octanol–water partition coefficient (Wildman–Crippen LogP) is 5.55. The highest BCUT2D eigenvalue weighted by molar-refractivity contribution is 14.1. The van der Waals surface area contributed by atoms with Crippen LogP contribution in [0.1, 0.15) is 16.7 Å². The summed E-state index contributed by atoms with van der Waals surface area (Å²) in [6, 6.07) is 20.1. The van der Waals surface area contributed by atoms with E-state index in [2.05, 4.69) is 75.3 Å². The van der Waals surface area contributed by atoms with Crippen LogP contribution in [0, 0.1) is 14.1 Å². The van der Waals surface area contributed by atoms with Gasteiger partial charge in [-0.05, 0) is 93.6 Å². The number of para-hydroxylation sites is 2. The van der Waals surface area contributed by atoms with E-state index in [1.54, 1.807) is 4.40 Å². The highest BCUT2D eigenvalue weighted by Crippen LogP contribution is 2.30. The van der Waals surface area contributed by atoms with Crippen molar-refractivity contribution in [2.45, 2.75) is 13.5 Å². The highest BCUT2D eigenvalue weighted by atomic mass is 127. The molecule has 5 rings (SSSR count). The van der Waals surface area contributed by atoms with Crippen LogP contribution in [0.4, 0.5) is 0 Å². The fourth-order valence-electron chi connectivity index (χ4n) is 3.52. The van der Waals surface area contributed by atoms with Gasteiger partial charge in [-0.3, -0.25) is 4.79 Å². The summed E-state index contributed by atoms with van der Waals surface area (Å²) in [5, 5.41) is 0. The molecule has 0 saturated heterocycles. The molecule has 0 atom stereocenters. The Bertz CT molecular complexity index is 1530. The molecule has 7 heteroatoms. The van der Waals surface area contributed by atoms with Gasteiger partial charge in [0, 0.05) is 0 Å². The van der Waals surface area contributed by atoms with Crippen molar-refractivity contribution in [1.82, 2.24) is 9.38 Å². The Morgan fingerprint density at radius 2 is 1.84 bits per heavy atom. The molecule has 0 bridgehead atoms. The molecule has 2 heterocycles. The molecule has 31 heavy (non-hydrogen) atoms. The normalized spacial score (nSPS) is 12.2. The van der Waals surface area contributed by atoms with E-state index in [9.17, 15) is 4.79 Å². The fraction of sp³-hybridized carbons (Fsp3) is 0.0833. The second-order valence-corrected chi connectivity index (χ2v) is 10.6. The smallest absolute Gasteiger partial charge is 0.274 e. The third-order valence-electron chi connectivity index (χ3n) is 4.93. The van der Waals surface area contributed by atoms with Crippen LogP contribution in [-0.2, 0) is 6.61 Å². The maximum Gasteiger partial charge on any atom is 0.274 e. The summed E-state index contributed by atoms with van der Waals surface area (Å²) in [4.78, 5) is 18.3. The lowest BCUT2D eigenvalue weighted by atomic mass is 10.1. The van der Waals surface area contributed by atoms with Gasteiger partial charge >= 0.3 is 0 Å². The summed E-state index contributed by atoms with van der Waals surface area (Å²) in [6.07, 6.45) is 1.94. The van der Waals surface area contributed by atoms with Gasteiger partial charge in [0.1, 0.15) is 12.4 Å². The number of hydrogen-bond donors (Lipinski definition) is 0. The summed E-state index contributed by atoms with van der Waals surface area (Å²) in [6.45, 7) is 2.60. The number of ether oxygens (including phenoxy) is 1. The molecular formula is C24H16I2N2O2S. The number of nitrogens with zero attached hydrogens (tertiary/aromatic N) is 2. The van der Waals surface area contributed by atoms with E-state index in [0.717, 1.165) is 40.0 Å². The number of thiazole rings is 1. The van der Waals surface area contributed by atoms with Gasteiger partial charge in [0.25, 0.3) is 5.56 Å². The Labute approximate surface area is 209 Å². The van der Waals surface area contributed by atoms with Crippen molar-refractivity contribution < 1.29 is 4.74 Å². The monoisotopic (exact) mass is 650 g/mol. The van der Waals surface area contributed by atoms with Crippen LogP contribution >= 0.6 is 56.5 Å². The van der Waals surface area contributed by atoms with Gasteiger partial charge in [0.15, 0.2) is 4.96 Å². The molecule has 5 aromatic rings. The zero-order valence-electron chi connectivity index (χ0n) is 16.4. The van der Waals surface area contributed by atoms with Crippen molar-refractivity contribution in [3.8, 4) is 5.75 Å². The second kappa shape index (κ2) is 8.51. The molecule has 3 aromatic carbocycles. The third kappa shape index (κ3) is 4.10. The lowest BCUT2D eigenvalue weighted by molar-refractivity contribution is 0.301. The molecule has 0 radical (unpaired) electrons. The van der Waals surface area contributed by atoms with Crippen molar-refractivity contribution in [1.29, 1.82) is 0 Å². The zero-order chi connectivity index (χ0) is 21.5. The topological polar surface area (TPSA) is 43.6 Å². The Morgan fingerprint density at radius 3 is 2.61 bits per heavy atom. The second-order valence-electron chi connectivity index (χ2n) is 7.23. The van der Waals surface area contributed by atoms with Crippen LogP contribution in [-0.4, -0.2) is 9.38 Å². The van der Waals surface area contributed by atoms with Crippen LogP contribution < -0.4 is 14.8 Å². The highest BCUT2D eigenvalue weighted by Gasteiger charge is 2.12. The minimum atomic E-state index is -0.0292. The van der Waals surface area contributed by atoms with Gasteiger partial charge in [0.2, 0.25) is 0 Å². The minimum absolute atomic E-state index is 0.0292. The number of rotatable bonds is 4. The standard InChI is InChI=1S/C24H16I2N2O2S/c1-14-5-4-6-15(9-14)13-30-22-17(25)10-16(11-18(22)26)12-21-23(29)28-20-8-3-2-7-19(20)27-24(28)31-21/h2-12H,13H2,1H3/b21-12-. The first-order valence-corrected chi connectivity index (χ1v) is 12.6. The molecular weight excluding hydrogens is 634 g/mol. The SMILES string of the molecule is Cc1cccc(COc2c(I)cc(/C=c3\sc4nc5ccccc5n4c3=O)cc2I)c1. The number of aryl methyl sites for hydroxylation is 1. The van der Waals surface area contributed by atoms with Crippen molar-refractivity contribution >= 4 is 78.6 Å². The Hall–Kier alpha value is -1.98. The van der Waals surface area contributed by atoms with E-state index in [1.807, 2.05) is 48.5 Å². The lowest BCUT2D eigenvalue weighted by Crippen LogP contribution is -2.22. The Morgan fingerprint density at radius 1 is 1.06 bits per heavy atom. The first-order chi connectivity index (χ1) is 15.0. The molecule has 0 N–H and O–H groups in total. The number of aromatic nitrogens is 2. The lowest BCUT2D eigenvalue weighted by Gasteiger charge is -2.12. The first-order valence-electron chi connectivity index (χ1n) is 9.59. The predicted molar refractivity (Wildman–Crippen MR) is 143 cm³/mol. The minimum Gasteiger partial charge on any atom is -0.487 e. The number of imidazole rings is 1. The summed E-state index contributed by atoms with van der Waals surface area (Å²) in [5.74, 6) is 0.870. The maximum absolute atomic E-state index is 13.0. The van der Waals surface area contributed by atoms with Gasteiger partial charge in [0.05, 0.1) is 22.7 Å². The van der Waals surface area contributed by atoms with Crippen LogP contribution in [0.15, 0.2) is 65.5 Å². The summed E-state index contributed by atoms with van der Waals surface area (Å²) in [7, 11) is 0. The van der Waals surface area contributed by atoms with Crippen LogP contribution in [0.25, 0.3) is 22.1 Å². The number of fused-ring (bicyclic) bond motifs is 3. The van der Waals surface area contributed by atoms with Crippen molar-refractivity contribution in [2.75, 3.05) is 0 Å². The molecule has 2 aromatic heterocycles. The van der Waals surface area contributed by atoms with Crippen LogP contribution in [0.3, 0.4) is 0 Å². The molecule has 0 spiro atoms. The maximum atomic E-state index is 13.0. The largest absolute Gasteiger partial charge is 0.487 e. The zero-order valence-corrected chi connectivity index (χ0v) is 21.6. The molecule has 0 aliphatic heterocycles. The Balaban J connectivity index is 1.49. The molecule has 0 unspecified atom stereocenters. The quantitative estimate of drug-likeness (QED) is 0.240. The number of benzene rings is 3. The molecule has 0 aliphatic carbocycles. The van der Waals surface area contributed by atoms with E-state index in [1.165, 1.54) is 16.9 Å². The van der Waals surface area contributed by atoms with Gasteiger partial charge in [-0.1, -0.05) is 53.3 Å². The van der Waals surface area contributed by atoms with E-state index in [0.29, 0.717) is 11.1 Å². The summed E-state index contributed by atoms with van der Waals surface area (Å²) in [5.41, 5.74) is 5.01. The van der Waals surface area contributed by atoms with Gasteiger partial charge in [-0.2, -0.15) is 0 Å². The van der Waals surface area contributed by atoms with Crippen LogP contribution in [0.5, 0.6) is 5.75 Å². The van der Waals surface area contributed by atoms with E-state index >= 15 is 0 Å². The molecule has 154 valence electrons. The summed E-state index contributed by atoms with van der Waals surface area (Å²) >= 11 is 6.01. The summed E-state index contributed by atoms with van der Waals surface area (Å²) < 4.78 is 10.5. The molecule has 4 nitrogen and oxygen atoms in total. The van der Waals surface area contributed by atoms with E-state index in [-0.39, 0.29) is 5.56 Å². The van der Waals surface area contributed by atoms with E-state index in [4.69, 9.17) is 4.74 Å². The molecule has 0 saturated carbocycles. The van der Waals surface area contributed by atoms with Crippen molar-refractivity contribution in [2.24, 2.45) is 0 Å². The first kappa shape index (κ1) is 20.9. The average molecular weight is 650 g/mol. The van der Waals surface area contributed by atoms with Gasteiger partial charge in [-0.15, -0.1) is 0 Å². The molecule has 0 amide bonds. The van der Waals surface area contributed by atoms with Crippen LogP contribution in [0.2, 0.25) is 0 Å². The van der Waals surface area contributed by atoms with Crippen molar-refractivity contribution in [3.05, 3.63) is 99.4 Å². The number of halogens is 2. The van der Waals surface area contributed by atoms with E-state index < -0.39 is 0 Å². The van der Waals surface area contributed by atoms with Gasteiger partial charge in [-0.25, -0.2) is 9.38 Å². The average Bonchev–Trinajstić information content (AvgIpc) is 3.24. The Kier molecular flexibility index (Phi) is 5.74. The van der Waals surface area contributed by atoms with Gasteiger partial charge < -0.3 is 4.74 Å². The number of hydrogen-bond acceptors (Lipinski definition) is 4.